The second-order valence-corrected chi connectivity index (χ2v) is 5.90. The molecule has 0 bridgehead atoms. The largest absolute Gasteiger partial charge is 0.381 e. The van der Waals surface area contributed by atoms with E-state index in [0.717, 1.165) is 32.8 Å². The second kappa shape index (κ2) is 10.8. The lowest BCUT2D eigenvalue weighted by Crippen LogP contribution is -2.36. The van der Waals surface area contributed by atoms with Crippen molar-refractivity contribution in [3.63, 3.8) is 0 Å². The van der Waals surface area contributed by atoms with Crippen molar-refractivity contribution in [3.05, 3.63) is 12.3 Å². The van der Waals surface area contributed by atoms with Crippen molar-refractivity contribution in [2.75, 3.05) is 46.9 Å². The van der Waals surface area contributed by atoms with Crippen LogP contribution in [0.25, 0.3) is 0 Å². The van der Waals surface area contributed by atoms with E-state index in [1.807, 2.05) is 19.0 Å². The fourth-order valence-corrected chi connectivity index (χ4v) is 1.64. The van der Waals surface area contributed by atoms with Gasteiger partial charge in [0, 0.05) is 38.8 Å². The van der Waals surface area contributed by atoms with Crippen molar-refractivity contribution in [1.29, 1.82) is 0 Å². The monoisotopic (exact) mass is 280 g/mol. The number of hydrogen-bond acceptors (Lipinski definition) is 3. The van der Waals surface area contributed by atoms with Crippen LogP contribution >= 0.6 is 0 Å². The highest BCUT2D eigenvalue weighted by Crippen LogP contribution is 2.07. The van der Waals surface area contributed by atoms with E-state index in [9.17, 15) is 0 Å². The summed E-state index contributed by atoms with van der Waals surface area (Å²) in [6.07, 6.45) is 0. The molecule has 0 radical (unpaired) electrons. The van der Waals surface area contributed by atoms with Gasteiger partial charge in [0.2, 0.25) is 0 Å². The van der Waals surface area contributed by atoms with Gasteiger partial charge in [-0.15, -0.1) is 0 Å². The second-order valence-electron chi connectivity index (χ2n) is 5.90. The topological polar surface area (TPSA) is 15.7 Å². The molecular formula is C17H32N2O. The molecule has 0 aliphatic carbocycles. The van der Waals surface area contributed by atoms with Crippen molar-refractivity contribution in [2.45, 2.75) is 27.7 Å². The number of nitrogens with zero attached hydrogens (tertiary/aromatic N) is 2. The molecule has 0 amide bonds. The molecule has 0 aromatic carbocycles. The van der Waals surface area contributed by atoms with Crippen LogP contribution in [0.15, 0.2) is 12.3 Å². The van der Waals surface area contributed by atoms with Crippen LogP contribution in [-0.2, 0) is 4.74 Å². The minimum absolute atomic E-state index is 0.492. The Morgan fingerprint density at radius 2 is 1.75 bits per heavy atom. The Hall–Kier alpha value is -0.980. The molecule has 0 spiro atoms. The molecule has 1 aliphatic rings. The van der Waals surface area contributed by atoms with Gasteiger partial charge in [-0.3, -0.25) is 4.90 Å². The van der Waals surface area contributed by atoms with Crippen molar-refractivity contribution in [2.24, 2.45) is 11.8 Å². The summed E-state index contributed by atoms with van der Waals surface area (Å²) in [5.74, 6) is 7.40. The zero-order valence-electron chi connectivity index (χ0n) is 14.2. The number of morpholine rings is 1. The highest BCUT2D eigenvalue weighted by molar-refractivity contribution is 5.03. The van der Waals surface area contributed by atoms with Crippen LogP contribution in [0.5, 0.6) is 0 Å². The van der Waals surface area contributed by atoms with Gasteiger partial charge in [0.25, 0.3) is 0 Å². The molecular weight excluding hydrogens is 248 g/mol. The smallest absolute Gasteiger partial charge is 0.0603 e. The van der Waals surface area contributed by atoms with E-state index in [2.05, 4.69) is 51.0 Å². The lowest BCUT2D eigenvalue weighted by atomic mass is 10.1. The maximum absolute atomic E-state index is 5.24. The maximum Gasteiger partial charge on any atom is 0.0603 e. The average molecular weight is 280 g/mol. The Morgan fingerprint density at radius 1 is 1.20 bits per heavy atom. The van der Waals surface area contributed by atoms with Gasteiger partial charge in [-0.05, 0) is 5.92 Å². The van der Waals surface area contributed by atoms with Crippen LogP contribution in [0.2, 0.25) is 0 Å². The number of rotatable bonds is 3. The van der Waals surface area contributed by atoms with Gasteiger partial charge in [0.15, 0.2) is 0 Å². The lowest BCUT2D eigenvalue weighted by molar-refractivity contribution is 0.0443. The fraction of sp³-hybridized carbons (Fsp3) is 0.765. The summed E-state index contributed by atoms with van der Waals surface area (Å²) in [5.41, 5.74) is 1.19. The van der Waals surface area contributed by atoms with E-state index >= 15 is 0 Å². The van der Waals surface area contributed by atoms with E-state index < -0.39 is 0 Å². The van der Waals surface area contributed by atoms with E-state index in [-0.39, 0.29) is 0 Å². The van der Waals surface area contributed by atoms with Crippen LogP contribution in [0.3, 0.4) is 0 Å². The minimum atomic E-state index is 0.492. The summed E-state index contributed by atoms with van der Waals surface area (Å²) in [6, 6.07) is 0. The molecule has 3 nitrogen and oxygen atoms in total. The predicted molar refractivity (Wildman–Crippen MR) is 87.5 cm³/mol. The van der Waals surface area contributed by atoms with Gasteiger partial charge < -0.3 is 9.64 Å². The quantitative estimate of drug-likeness (QED) is 0.739. The first-order valence-electron chi connectivity index (χ1n) is 7.49. The van der Waals surface area contributed by atoms with E-state index in [4.69, 9.17) is 4.74 Å². The molecule has 0 saturated carbocycles. The SMILES string of the molecule is C=C(C(C)C)N(C)C.CC(C)C#CCN1CCOCC1. The molecule has 0 N–H and O–H groups in total. The standard InChI is InChI=1S/C10H17NO.C7H15N/c1-10(2)4-3-5-11-6-8-12-9-7-11;1-6(2)7(3)8(4)5/h10H,5-9H2,1-2H3;6H,3H2,1-2,4-5H3. The van der Waals surface area contributed by atoms with Crippen LogP contribution < -0.4 is 0 Å². The van der Waals surface area contributed by atoms with E-state index in [1.54, 1.807) is 0 Å². The lowest BCUT2D eigenvalue weighted by Gasteiger charge is -2.24. The Morgan fingerprint density at radius 3 is 2.10 bits per heavy atom. The number of ether oxygens (including phenoxy) is 1. The van der Waals surface area contributed by atoms with Gasteiger partial charge in [0.05, 0.1) is 19.8 Å². The van der Waals surface area contributed by atoms with Crippen LogP contribution in [0.4, 0.5) is 0 Å². The zero-order chi connectivity index (χ0) is 15.5. The molecule has 116 valence electrons. The highest BCUT2D eigenvalue weighted by Gasteiger charge is 2.07. The summed E-state index contributed by atoms with van der Waals surface area (Å²) >= 11 is 0. The Balaban J connectivity index is 0.000000396. The van der Waals surface area contributed by atoms with Gasteiger partial charge in [-0.1, -0.05) is 46.1 Å². The predicted octanol–water partition coefficient (Wildman–Crippen LogP) is 2.70. The van der Waals surface area contributed by atoms with Gasteiger partial charge in [0.1, 0.15) is 0 Å². The Bertz CT molecular complexity index is 308. The summed E-state index contributed by atoms with van der Waals surface area (Å²) in [4.78, 5) is 4.38. The molecule has 0 atom stereocenters. The summed E-state index contributed by atoms with van der Waals surface area (Å²) < 4.78 is 5.24. The molecule has 1 rings (SSSR count). The minimum Gasteiger partial charge on any atom is -0.381 e. The van der Waals surface area contributed by atoms with Crippen molar-refractivity contribution >= 4 is 0 Å². The van der Waals surface area contributed by atoms with E-state index in [1.165, 1.54) is 5.70 Å². The Labute approximate surface area is 126 Å². The van der Waals surface area contributed by atoms with Crippen molar-refractivity contribution < 1.29 is 4.74 Å². The first-order valence-corrected chi connectivity index (χ1v) is 7.49. The third-order valence-corrected chi connectivity index (χ3v) is 3.04. The highest BCUT2D eigenvalue weighted by atomic mass is 16.5. The van der Waals surface area contributed by atoms with Crippen LogP contribution in [0.1, 0.15) is 27.7 Å². The summed E-state index contributed by atoms with van der Waals surface area (Å²) in [5, 5.41) is 0. The zero-order valence-corrected chi connectivity index (χ0v) is 14.2. The van der Waals surface area contributed by atoms with Crippen molar-refractivity contribution in [3.8, 4) is 11.8 Å². The molecule has 0 aromatic rings. The molecule has 1 aliphatic heterocycles. The molecule has 1 fully saturated rings. The van der Waals surface area contributed by atoms with Crippen LogP contribution in [-0.4, -0.2) is 56.7 Å². The van der Waals surface area contributed by atoms with Gasteiger partial charge >= 0.3 is 0 Å². The molecule has 20 heavy (non-hydrogen) atoms. The normalized spacial score (nSPS) is 15.2. The molecule has 1 saturated heterocycles. The van der Waals surface area contributed by atoms with E-state index in [0.29, 0.717) is 11.8 Å². The average Bonchev–Trinajstić information content (AvgIpc) is 2.39. The molecule has 0 aromatic heterocycles. The fourth-order valence-electron chi connectivity index (χ4n) is 1.64. The number of allylic oxidation sites excluding steroid dienone is 1. The molecule has 1 heterocycles. The van der Waals surface area contributed by atoms with Crippen LogP contribution in [0, 0.1) is 23.7 Å². The Kier molecular flexibility index (Phi) is 10.2. The maximum atomic E-state index is 5.24. The summed E-state index contributed by atoms with van der Waals surface area (Å²) in [6.45, 7) is 17.1. The van der Waals surface area contributed by atoms with Gasteiger partial charge in [-0.2, -0.15) is 0 Å². The van der Waals surface area contributed by atoms with Gasteiger partial charge in [-0.25, -0.2) is 0 Å². The first-order chi connectivity index (χ1) is 9.34. The third-order valence-electron chi connectivity index (χ3n) is 3.04. The summed E-state index contributed by atoms with van der Waals surface area (Å²) in [7, 11) is 4.03. The third kappa shape index (κ3) is 9.89. The molecule has 3 heteroatoms. The molecule has 0 unspecified atom stereocenters. The number of hydrogen-bond donors (Lipinski definition) is 0. The first kappa shape index (κ1) is 19.0. The van der Waals surface area contributed by atoms with Crippen molar-refractivity contribution in [1.82, 2.24) is 9.80 Å².